The number of carboxylic acids is 1. The molecule has 4 nitrogen and oxygen atoms in total. The Hall–Kier alpha value is -1.26. The van der Waals surface area contributed by atoms with Gasteiger partial charge in [0.05, 0.1) is 6.42 Å². The van der Waals surface area contributed by atoms with Gasteiger partial charge in [-0.05, 0) is 38.0 Å². The molecule has 6 heteroatoms. The molecule has 0 radical (unpaired) electrons. The zero-order valence-corrected chi connectivity index (χ0v) is 12.9. The maximum atomic E-state index is 12.0. The van der Waals surface area contributed by atoms with Crippen LogP contribution in [0.25, 0.3) is 0 Å². The standard InChI is InChI=1S/C14H17Cl2NO3/c1-14(2,7-6-13(19)20)17-12(18)8-9-10(15)4-3-5-11(9)16/h3-5H,6-8H2,1-2H3,(H,17,18)(H,19,20). The van der Waals surface area contributed by atoms with E-state index >= 15 is 0 Å². The molecule has 1 aromatic rings. The van der Waals surface area contributed by atoms with Crippen LogP contribution in [0.2, 0.25) is 10.0 Å². The third-order valence-electron chi connectivity index (χ3n) is 2.84. The topological polar surface area (TPSA) is 66.4 Å². The molecule has 0 spiro atoms. The minimum absolute atomic E-state index is 0.000128. The summed E-state index contributed by atoms with van der Waals surface area (Å²) >= 11 is 12.0. The molecule has 110 valence electrons. The number of hydrogen-bond donors (Lipinski definition) is 2. The molecule has 0 heterocycles. The largest absolute Gasteiger partial charge is 0.481 e. The number of benzene rings is 1. The Morgan fingerprint density at radius 1 is 1.25 bits per heavy atom. The van der Waals surface area contributed by atoms with Crippen LogP contribution in [-0.4, -0.2) is 22.5 Å². The van der Waals surface area contributed by atoms with Crippen molar-refractivity contribution in [2.24, 2.45) is 0 Å². The predicted molar refractivity (Wildman–Crippen MR) is 79.3 cm³/mol. The number of carbonyl (C=O) groups is 2. The van der Waals surface area contributed by atoms with Gasteiger partial charge in [-0.1, -0.05) is 29.3 Å². The second kappa shape index (κ2) is 6.95. The summed E-state index contributed by atoms with van der Waals surface area (Å²) in [5, 5.41) is 12.3. The SMILES string of the molecule is CC(C)(CCC(=O)O)NC(=O)Cc1c(Cl)cccc1Cl. The smallest absolute Gasteiger partial charge is 0.303 e. The average Bonchev–Trinajstić information content (AvgIpc) is 2.31. The van der Waals surface area contributed by atoms with Crippen LogP contribution >= 0.6 is 23.2 Å². The normalized spacial score (nSPS) is 11.2. The second-order valence-corrected chi connectivity index (χ2v) is 6.02. The second-order valence-electron chi connectivity index (χ2n) is 5.20. The molecule has 2 N–H and O–H groups in total. The molecule has 0 aliphatic carbocycles. The molecule has 0 aliphatic heterocycles. The number of rotatable bonds is 6. The minimum Gasteiger partial charge on any atom is -0.481 e. The summed E-state index contributed by atoms with van der Waals surface area (Å²) < 4.78 is 0. The molecule has 0 atom stereocenters. The fraction of sp³-hybridized carbons (Fsp3) is 0.429. The van der Waals surface area contributed by atoms with Gasteiger partial charge in [0.15, 0.2) is 0 Å². The summed E-state index contributed by atoms with van der Waals surface area (Å²) in [6.07, 6.45) is 0.416. The van der Waals surface area contributed by atoms with Crippen molar-refractivity contribution in [1.82, 2.24) is 5.32 Å². The van der Waals surface area contributed by atoms with E-state index in [4.69, 9.17) is 28.3 Å². The molecule has 0 aliphatic rings. The number of hydrogen-bond acceptors (Lipinski definition) is 2. The Labute approximate surface area is 128 Å². The van der Waals surface area contributed by atoms with Crippen molar-refractivity contribution >= 4 is 35.1 Å². The van der Waals surface area contributed by atoms with Crippen molar-refractivity contribution in [2.45, 2.75) is 38.6 Å². The molecule has 0 fully saturated rings. The molecular weight excluding hydrogens is 301 g/mol. The lowest BCUT2D eigenvalue weighted by Gasteiger charge is -2.25. The van der Waals surface area contributed by atoms with E-state index in [9.17, 15) is 9.59 Å². The summed E-state index contributed by atoms with van der Waals surface area (Å²) in [7, 11) is 0. The van der Waals surface area contributed by atoms with E-state index in [0.29, 0.717) is 22.0 Å². The van der Waals surface area contributed by atoms with Gasteiger partial charge >= 0.3 is 5.97 Å². The van der Waals surface area contributed by atoms with Crippen LogP contribution in [0.5, 0.6) is 0 Å². The van der Waals surface area contributed by atoms with Crippen molar-refractivity contribution in [3.63, 3.8) is 0 Å². The van der Waals surface area contributed by atoms with Crippen LogP contribution in [0.1, 0.15) is 32.3 Å². The third-order valence-corrected chi connectivity index (χ3v) is 3.55. The zero-order valence-electron chi connectivity index (χ0n) is 11.4. The molecule has 20 heavy (non-hydrogen) atoms. The van der Waals surface area contributed by atoms with Gasteiger partial charge in [0.2, 0.25) is 5.91 Å². The summed E-state index contributed by atoms with van der Waals surface area (Å²) in [6, 6.07) is 5.06. The molecular formula is C14H17Cl2NO3. The van der Waals surface area contributed by atoms with Crippen molar-refractivity contribution in [3.8, 4) is 0 Å². The minimum atomic E-state index is -0.888. The lowest BCUT2D eigenvalue weighted by atomic mass is 9.98. The van der Waals surface area contributed by atoms with Gasteiger partial charge in [-0.25, -0.2) is 0 Å². The van der Waals surface area contributed by atoms with E-state index in [1.54, 1.807) is 32.0 Å². The molecule has 1 rings (SSSR count). The quantitative estimate of drug-likeness (QED) is 0.846. The summed E-state index contributed by atoms with van der Waals surface area (Å²) in [5.74, 6) is -1.13. The number of carboxylic acid groups (broad SMARTS) is 1. The van der Waals surface area contributed by atoms with Crippen LogP contribution in [0.15, 0.2) is 18.2 Å². The van der Waals surface area contributed by atoms with E-state index in [-0.39, 0.29) is 18.7 Å². The van der Waals surface area contributed by atoms with Crippen LogP contribution in [0, 0.1) is 0 Å². The average molecular weight is 318 g/mol. The van der Waals surface area contributed by atoms with Crippen molar-refractivity contribution in [1.29, 1.82) is 0 Å². The van der Waals surface area contributed by atoms with Crippen LogP contribution in [-0.2, 0) is 16.0 Å². The van der Waals surface area contributed by atoms with Crippen molar-refractivity contribution in [2.75, 3.05) is 0 Å². The van der Waals surface area contributed by atoms with Gasteiger partial charge in [0.1, 0.15) is 0 Å². The van der Waals surface area contributed by atoms with Gasteiger partial charge in [0.25, 0.3) is 0 Å². The van der Waals surface area contributed by atoms with E-state index in [0.717, 1.165) is 0 Å². The molecule has 0 saturated heterocycles. The Kier molecular flexibility index (Phi) is 5.84. The maximum absolute atomic E-state index is 12.0. The van der Waals surface area contributed by atoms with Crippen LogP contribution < -0.4 is 5.32 Å². The van der Waals surface area contributed by atoms with E-state index in [2.05, 4.69) is 5.32 Å². The first-order valence-electron chi connectivity index (χ1n) is 6.17. The van der Waals surface area contributed by atoms with Crippen LogP contribution in [0.3, 0.4) is 0 Å². The Morgan fingerprint density at radius 2 is 1.80 bits per heavy atom. The fourth-order valence-electron chi connectivity index (χ4n) is 1.77. The number of aliphatic carboxylic acids is 1. The van der Waals surface area contributed by atoms with Gasteiger partial charge in [-0.3, -0.25) is 9.59 Å². The monoisotopic (exact) mass is 317 g/mol. The third kappa shape index (κ3) is 5.39. The highest BCUT2D eigenvalue weighted by Crippen LogP contribution is 2.25. The number of nitrogens with one attached hydrogen (secondary N) is 1. The molecule has 0 bridgehead atoms. The van der Waals surface area contributed by atoms with Crippen LogP contribution in [0.4, 0.5) is 0 Å². The van der Waals surface area contributed by atoms with Crippen molar-refractivity contribution in [3.05, 3.63) is 33.8 Å². The first kappa shape index (κ1) is 16.8. The van der Waals surface area contributed by atoms with Gasteiger partial charge < -0.3 is 10.4 Å². The fourth-order valence-corrected chi connectivity index (χ4v) is 2.30. The number of halogens is 2. The van der Waals surface area contributed by atoms with Gasteiger partial charge in [-0.2, -0.15) is 0 Å². The lowest BCUT2D eigenvalue weighted by Crippen LogP contribution is -2.44. The van der Waals surface area contributed by atoms with Gasteiger partial charge in [0, 0.05) is 22.0 Å². The number of carbonyl (C=O) groups excluding carboxylic acids is 1. The Morgan fingerprint density at radius 3 is 2.30 bits per heavy atom. The molecule has 0 unspecified atom stereocenters. The van der Waals surface area contributed by atoms with E-state index in [1.165, 1.54) is 0 Å². The Bertz CT molecular complexity index is 495. The summed E-state index contributed by atoms with van der Waals surface area (Å²) in [4.78, 5) is 22.6. The highest BCUT2D eigenvalue weighted by Gasteiger charge is 2.22. The predicted octanol–water partition coefficient (Wildman–Crippen LogP) is 3.30. The van der Waals surface area contributed by atoms with E-state index in [1.807, 2.05) is 0 Å². The number of amides is 1. The van der Waals surface area contributed by atoms with Gasteiger partial charge in [-0.15, -0.1) is 0 Å². The first-order valence-corrected chi connectivity index (χ1v) is 6.92. The molecule has 1 aromatic carbocycles. The first-order chi connectivity index (χ1) is 9.21. The summed E-state index contributed by atoms with van der Waals surface area (Å²) in [5.41, 5.74) is -0.0224. The van der Waals surface area contributed by atoms with Crippen molar-refractivity contribution < 1.29 is 14.7 Å². The Balaban J connectivity index is 2.65. The summed E-state index contributed by atoms with van der Waals surface area (Å²) in [6.45, 7) is 3.56. The maximum Gasteiger partial charge on any atom is 0.303 e. The molecule has 0 aromatic heterocycles. The van der Waals surface area contributed by atoms with E-state index < -0.39 is 11.5 Å². The zero-order chi connectivity index (χ0) is 15.3. The molecule has 1 amide bonds. The highest BCUT2D eigenvalue weighted by atomic mass is 35.5. The highest BCUT2D eigenvalue weighted by molar-refractivity contribution is 6.36. The lowest BCUT2D eigenvalue weighted by molar-refractivity contribution is -0.137. The molecule has 0 saturated carbocycles.